The molecule has 0 saturated carbocycles. The normalized spacial score (nSPS) is 11.2. The lowest BCUT2D eigenvalue weighted by Gasteiger charge is -2.01. The number of aromatic nitrogens is 2. The van der Waals surface area contributed by atoms with E-state index in [1.54, 1.807) is 11.3 Å². The first kappa shape index (κ1) is 7.68. The molecule has 0 atom stereocenters. The molecule has 0 N–H and O–H groups in total. The van der Waals surface area contributed by atoms with Crippen LogP contribution < -0.4 is 0 Å². The van der Waals surface area contributed by atoms with E-state index in [-0.39, 0.29) is 0 Å². The van der Waals surface area contributed by atoms with Crippen molar-refractivity contribution in [2.45, 2.75) is 19.8 Å². The molecule has 0 saturated heterocycles. The standard InChI is InChI=1S/C9H10N2S/c1-6(2)7-3-4-8-9(11-7)12-5-10-8/h3-6H,1-2H3. The lowest BCUT2D eigenvalue weighted by Crippen LogP contribution is -1.90. The molecule has 0 unspecified atom stereocenters. The van der Waals surface area contributed by atoms with Crippen LogP contribution in [0.4, 0.5) is 0 Å². The molecule has 2 aromatic heterocycles. The van der Waals surface area contributed by atoms with Gasteiger partial charge in [-0.2, -0.15) is 0 Å². The molecule has 0 aliphatic heterocycles. The first-order valence-electron chi connectivity index (χ1n) is 3.97. The molecular weight excluding hydrogens is 168 g/mol. The zero-order chi connectivity index (χ0) is 8.55. The van der Waals surface area contributed by atoms with Crippen molar-refractivity contribution < 1.29 is 0 Å². The number of fused-ring (bicyclic) bond motifs is 1. The second kappa shape index (κ2) is 2.83. The zero-order valence-corrected chi connectivity index (χ0v) is 7.93. The van der Waals surface area contributed by atoms with Crippen molar-refractivity contribution >= 4 is 21.7 Å². The van der Waals surface area contributed by atoms with E-state index in [0.29, 0.717) is 5.92 Å². The third-order valence-corrected chi connectivity index (χ3v) is 2.54. The van der Waals surface area contributed by atoms with Gasteiger partial charge in [0, 0.05) is 5.69 Å². The smallest absolute Gasteiger partial charge is 0.143 e. The average Bonchev–Trinajstić information content (AvgIpc) is 2.49. The van der Waals surface area contributed by atoms with Crippen molar-refractivity contribution in [2.24, 2.45) is 0 Å². The molecule has 2 rings (SSSR count). The van der Waals surface area contributed by atoms with E-state index < -0.39 is 0 Å². The minimum Gasteiger partial charge on any atom is -0.243 e. The molecule has 12 heavy (non-hydrogen) atoms. The molecule has 0 radical (unpaired) electrons. The fraction of sp³-hybridized carbons (Fsp3) is 0.333. The van der Waals surface area contributed by atoms with Gasteiger partial charge in [0.15, 0.2) is 0 Å². The SMILES string of the molecule is CC(C)c1ccc2ncsc2n1. The minimum atomic E-state index is 0.497. The lowest BCUT2D eigenvalue weighted by atomic mass is 10.1. The average molecular weight is 178 g/mol. The summed E-state index contributed by atoms with van der Waals surface area (Å²) in [6, 6.07) is 4.08. The first-order chi connectivity index (χ1) is 5.77. The quantitative estimate of drug-likeness (QED) is 0.671. The summed E-state index contributed by atoms with van der Waals surface area (Å²) in [5.74, 6) is 0.497. The van der Waals surface area contributed by atoms with Crippen molar-refractivity contribution in [1.29, 1.82) is 0 Å². The summed E-state index contributed by atoms with van der Waals surface area (Å²) in [5.41, 5.74) is 3.98. The highest BCUT2D eigenvalue weighted by Gasteiger charge is 2.02. The van der Waals surface area contributed by atoms with Gasteiger partial charge in [0.05, 0.1) is 11.0 Å². The molecule has 0 fully saturated rings. The Balaban J connectivity index is 2.60. The maximum Gasteiger partial charge on any atom is 0.143 e. The number of thiazole rings is 1. The monoisotopic (exact) mass is 178 g/mol. The molecular formula is C9H10N2S. The molecule has 0 spiro atoms. The van der Waals surface area contributed by atoms with Crippen LogP contribution in [0.1, 0.15) is 25.5 Å². The summed E-state index contributed by atoms with van der Waals surface area (Å²) in [6.07, 6.45) is 0. The Hall–Kier alpha value is -0.960. The van der Waals surface area contributed by atoms with Crippen LogP contribution in [-0.2, 0) is 0 Å². The summed E-state index contributed by atoms with van der Waals surface area (Å²) >= 11 is 1.60. The molecule has 0 aliphatic carbocycles. The van der Waals surface area contributed by atoms with Gasteiger partial charge in [0.25, 0.3) is 0 Å². The van der Waals surface area contributed by atoms with E-state index in [1.807, 2.05) is 17.6 Å². The van der Waals surface area contributed by atoms with E-state index in [2.05, 4.69) is 23.8 Å². The Morgan fingerprint density at radius 2 is 2.17 bits per heavy atom. The summed E-state index contributed by atoms with van der Waals surface area (Å²) in [6.45, 7) is 4.30. The summed E-state index contributed by atoms with van der Waals surface area (Å²) in [7, 11) is 0. The highest BCUT2D eigenvalue weighted by Crippen LogP contribution is 2.19. The van der Waals surface area contributed by atoms with Crippen molar-refractivity contribution in [2.75, 3.05) is 0 Å². The van der Waals surface area contributed by atoms with Crippen molar-refractivity contribution in [3.63, 3.8) is 0 Å². The molecule has 2 nitrogen and oxygen atoms in total. The van der Waals surface area contributed by atoms with Gasteiger partial charge >= 0.3 is 0 Å². The Morgan fingerprint density at radius 1 is 1.33 bits per heavy atom. The second-order valence-corrected chi connectivity index (χ2v) is 3.90. The first-order valence-corrected chi connectivity index (χ1v) is 4.85. The molecule has 0 aliphatic rings. The molecule has 2 heterocycles. The number of hydrogen-bond acceptors (Lipinski definition) is 3. The third kappa shape index (κ3) is 1.20. The minimum absolute atomic E-state index is 0.497. The maximum atomic E-state index is 4.49. The van der Waals surface area contributed by atoms with E-state index in [9.17, 15) is 0 Å². The predicted octanol–water partition coefficient (Wildman–Crippen LogP) is 2.81. The predicted molar refractivity (Wildman–Crippen MR) is 51.5 cm³/mol. The van der Waals surface area contributed by atoms with Crippen LogP contribution in [-0.4, -0.2) is 9.97 Å². The molecule has 2 aromatic rings. The molecule has 0 amide bonds. The van der Waals surface area contributed by atoms with Gasteiger partial charge in [0.1, 0.15) is 4.83 Å². The largest absolute Gasteiger partial charge is 0.243 e. The van der Waals surface area contributed by atoms with Gasteiger partial charge in [0.2, 0.25) is 0 Å². The second-order valence-electron chi connectivity index (χ2n) is 3.07. The third-order valence-electron chi connectivity index (χ3n) is 1.81. The van der Waals surface area contributed by atoms with Crippen molar-refractivity contribution in [3.05, 3.63) is 23.3 Å². The molecule has 0 bridgehead atoms. The fourth-order valence-corrected chi connectivity index (χ4v) is 1.75. The van der Waals surface area contributed by atoms with Crippen LogP contribution >= 0.6 is 11.3 Å². The van der Waals surface area contributed by atoms with Crippen LogP contribution in [0.3, 0.4) is 0 Å². The van der Waals surface area contributed by atoms with Gasteiger partial charge in [-0.05, 0) is 18.1 Å². The van der Waals surface area contributed by atoms with Crippen LogP contribution in [0.15, 0.2) is 17.6 Å². The maximum absolute atomic E-state index is 4.49. The highest BCUT2D eigenvalue weighted by molar-refractivity contribution is 7.16. The van der Waals surface area contributed by atoms with Gasteiger partial charge in [-0.1, -0.05) is 13.8 Å². The Morgan fingerprint density at radius 3 is 2.92 bits per heavy atom. The summed E-state index contributed by atoms with van der Waals surface area (Å²) in [4.78, 5) is 9.71. The topological polar surface area (TPSA) is 25.8 Å². The lowest BCUT2D eigenvalue weighted by molar-refractivity contribution is 0.831. The van der Waals surface area contributed by atoms with Crippen LogP contribution in [0.25, 0.3) is 10.3 Å². The number of nitrogens with zero attached hydrogens (tertiary/aromatic N) is 2. The Kier molecular flexibility index (Phi) is 1.81. The Labute approximate surface area is 75.3 Å². The van der Waals surface area contributed by atoms with Crippen molar-refractivity contribution in [3.8, 4) is 0 Å². The molecule has 0 aromatic carbocycles. The van der Waals surface area contributed by atoms with Crippen LogP contribution in [0.5, 0.6) is 0 Å². The van der Waals surface area contributed by atoms with Crippen molar-refractivity contribution in [1.82, 2.24) is 9.97 Å². The van der Waals surface area contributed by atoms with E-state index >= 15 is 0 Å². The van der Waals surface area contributed by atoms with Crippen LogP contribution in [0.2, 0.25) is 0 Å². The Bertz CT molecular complexity index is 392. The molecule has 62 valence electrons. The number of hydrogen-bond donors (Lipinski definition) is 0. The van der Waals surface area contributed by atoms with Crippen LogP contribution in [0, 0.1) is 0 Å². The van der Waals surface area contributed by atoms with Gasteiger partial charge < -0.3 is 0 Å². The number of rotatable bonds is 1. The molecule has 3 heteroatoms. The van der Waals surface area contributed by atoms with Gasteiger partial charge in [-0.25, -0.2) is 9.97 Å². The highest BCUT2D eigenvalue weighted by atomic mass is 32.1. The number of pyridine rings is 1. The van der Waals surface area contributed by atoms with Gasteiger partial charge in [-0.3, -0.25) is 0 Å². The summed E-state index contributed by atoms with van der Waals surface area (Å²) in [5, 5.41) is 0. The van der Waals surface area contributed by atoms with E-state index in [1.165, 1.54) is 0 Å². The fourth-order valence-electron chi connectivity index (χ4n) is 1.09. The van der Waals surface area contributed by atoms with E-state index in [0.717, 1.165) is 16.0 Å². The van der Waals surface area contributed by atoms with E-state index in [4.69, 9.17) is 0 Å². The summed E-state index contributed by atoms with van der Waals surface area (Å²) < 4.78 is 0. The van der Waals surface area contributed by atoms with Gasteiger partial charge in [-0.15, -0.1) is 11.3 Å². The zero-order valence-electron chi connectivity index (χ0n) is 7.11.